The van der Waals surface area contributed by atoms with Gasteiger partial charge in [0.25, 0.3) is 0 Å². The van der Waals surface area contributed by atoms with Crippen LogP contribution in [0.2, 0.25) is 0 Å². The molecule has 1 aliphatic rings. The van der Waals surface area contributed by atoms with Crippen molar-refractivity contribution in [1.82, 2.24) is 42.1 Å². The van der Waals surface area contributed by atoms with Crippen LogP contribution in [0, 0.1) is 0 Å². The molecule has 1 heterocycles. The van der Waals surface area contributed by atoms with Crippen LogP contribution in [0.3, 0.4) is 0 Å². The number of amides is 9. The van der Waals surface area contributed by atoms with Crippen LogP contribution in [0.1, 0.15) is 51.4 Å². The summed E-state index contributed by atoms with van der Waals surface area (Å²) in [7, 11) is 0. The number of rotatable bonds is 30. The molecule has 1 rings (SSSR count). The molecule has 1 aliphatic heterocycles. The highest BCUT2D eigenvalue weighted by atomic mass is 32.1. The van der Waals surface area contributed by atoms with E-state index in [2.05, 4.69) is 72.5 Å². The van der Waals surface area contributed by atoms with Gasteiger partial charge in [-0.05, 0) is 38.5 Å². The van der Waals surface area contributed by atoms with E-state index >= 15 is 0 Å². The molecule has 370 valence electrons. The van der Waals surface area contributed by atoms with Crippen LogP contribution < -0.4 is 71.6 Å². The van der Waals surface area contributed by atoms with Crippen LogP contribution in [0.15, 0.2) is 9.98 Å². The van der Waals surface area contributed by atoms with Crippen molar-refractivity contribution in [3.8, 4) is 0 Å². The minimum Gasteiger partial charge on any atom is -0.481 e. The van der Waals surface area contributed by atoms with Gasteiger partial charge in [-0.2, -0.15) is 25.3 Å². The summed E-state index contributed by atoms with van der Waals surface area (Å²) in [6.07, 6.45) is -1.20. The molecule has 21 N–H and O–H groups in total. The predicted molar refractivity (Wildman–Crippen MR) is 240 cm³/mol. The van der Waals surface area contributed by atoms with Crippen LogP contribution in [-0.2, 0) is 52.7 Å². The highest BCUT2D eigenvalue weighted by Gasteiger charge is 2.37. The number of hydrogen-bond donors (Lipinski definition) is 17. The van der Waals surface area contributed by atoms with Gasteiger partial charge in [0.05, 0.1) is 32.0 Å². The number of primary amides is 1. The summed E-state index contributed by atoms with van der Waals surface area (Å²) >= 11 is 7.80. The zero-order valence-corrected chi connectivity index (χ0v) is 37.5. The van der Waals surface area contributed by atoms with Crippen molar-refractivity contribution < 1.29 is 63.0 Å². The molecule has 0 bridgehead atoms. The van der Waals surface area contributed by atoms with Gasteiger partial charge >= 0.3 is 11.9 Å². The molecule has 29 nitrogen and oxygen atoms in total. The SMILES string of the molecule is NC(=O)C[C@@H](NC(=O)CNC(=O)[C@@H](CCCN=C(N)N)NC(=O)[C@H](N)CS)C(=O)N[C@@H](CCCN=C(N)N)C(=O)NCC(=O)N1CCC[C@H]1C(=O)N[C@@H](CC(=O)O)C(=O)N[C@H](CS)C(=O)O. The zero-order valence-electron chi connectivity index (χ0n) is 35.7. The number of carbonyl (C=O) groups excluding carboxylic acids is 9. The second-order valence-electron chi connectivity index (χ2n) is 14.5. The second kappa shape index (κ2) is 29.7. The number of aliphatic carboxylic acids is 2. The molecule has 0 saturated carbocycles. The summed E-state index contributed by atoms with van der Waals surface area (Å²) in [6.45, 7) is -1.41. The normalized spacial score (nSPS) is 15.7. The highest BCUT2D eigenvalue weighted by Crippen LogP contribution is 2.18. The predicted octanol–water partition coefficient (Wildman–Crippen LogP) is -8.64. The van der Waals surface area contributed by atoms with Crippen molar-refractivity contribution in [2.24, 2.45) is 44.4 Å². The number of nitrogens with two attached hydrogens (primary N) is 6. The fraction of sp³-hybridized carbons (Fsp3) is 0.629. The van der Waals surface area contributed by atoms with E-state index in [0.717, 1.165) is 4.90 Å². The molecule has 1 saturated heterocycles. The molecule has 31 heteroatoms. The molecule has 0 aromatic carbocycles. The molecule has 7 atom stereocenters. The molecule has 0 unspecified atom stereocenters. The van der Waals surface area contributed by atoms with E-state index in [1.807, 2.05) is 0 Å². The van der Waals surface area contributed by atoms with Gasteiger partial charge in [-0.15, -0.1) is 0 Å². The van der Waals surface area contributed by atoms with E-state index in [0.29, 0.717) is 0 Å². The average Bonchev–Trinajstić information content (AvgIpc) is 3.75. The number of carboxylic acid groups (broad SMARTS) is 2. The van der Waals surface area contributed by atoms with E-state index in [1.165, 1.54) is 0 Å². The monoisotopic (exact) mass is 976 g/mol. The summed E-state index contributed by atoms with van der Waals surface area (Å²) < 4.78 is 0. The van der Waals surface area contributed by atoms with Crippen molar-refractivity contribution in [2.75, 3.05) is 44.2 Å². The largest absolute Gasteiger partial charge is 0.481 e. The molecular formula is C35H60N16O13S2. The Morgan fingerprint density at radius 1 is 0.621 bits per heavy atom. The molecule has 66 heavy (non-hydrogen) atoms. The number of nitrogens with zero attached hydrogens (tertiary/aromatic N) is 3. The number of thiol groups is 2. The van der Waals surface area contributed by atoms with Gasteiger partial charge in [-0.3, -0.25) is 57.9 Å². The Morgan fingerprint density at radius 3 is 1.59 bits per heavy atom. The summed E-state index contributed by atoms with van der Waals surface area (Å²) in [5.74, 6) is -12.3. The lowest BCUT2D eigenvalue weighted by Crippen LogP contribution is -2.58. The number of carboxylic acids is 2. The third-order valence-corrected chi connectivity index (χ3v) is 10.0. The highest BCUT2D eigenvalue weighted by molar-refractivity contribution is 7.80. The smallest absolute Gasteiger partial charge is 0.327 e. The number of aliphatic imine (C=N–C) groups is 2. The number of guanidine groups is 2. The number of nitrogens with one attached hydrogen (secondary N) is 7. The van der Waals surface area contributed by atoms with Crippen LogP contribution in [0.25, 0.3) is 0 Å². The Balaban J connectivity index is 3.13. The zero-order chi connectivity index (χ0) is 50.1. The number of hydrogen-bond acceptors (Lipinski definition) is 16. The molecule has 9 amide bonds. The Labute approximate surface area is 388 Å². The fourth-order valence-electron chi connectivity index (χ4n) is 5.96. The standard InChI is InChI=1S/C35H60N16O13S2/c36-16(14-65)27(57)47-17(4-1-7-42-34(38)39)28(58)44-12-24(53)46-19(10-23(37)52)30(60)48-18(5-2-8-43-35(40)41)29(59)45-13-25(54)51-9-3-6-22(51)32(62)49-20(11-26(55)56)31(61)50-21(15-66)33(63)64/h16-22,65-66H,1-15,36H2,(H2,37,52)(H,44,58)(H,45,59)(H,46,53)(H,47,57)(H,48,60)(H,49,62)(H,50,61)(H,55,56)(H,63,64)(H4,38,39,42)(H4,40,41,43)/t16-,17-,18+,19-,20+,21-,22+/m1/s1. The quantitative estimate of drug-likeness (QED) is 0.0138. The van der Waals surface area contributed by atoms with Crippen molar-refractivity contribution in [3.63, 3.8) is 0 Å². The van der Waals surface area contributed by atoms with Gasteiger partial charge in [0.15, 0.2) is 11.9 Å². The number of carbonyl (C=O) groups is 11. The maximum atomic E-state index is 13.5. The van der Waals surface area contributed by atoms with Gasteiger partial charge in [0.1, 0.15) is 36.3 Å². The van der Waals surface area contributed by atoms with Crippen molar-refractivity contribution in [2.45, 2.75) is 93.7 Å². The molecule has 0 radical (unpaired) electrons. The molecule has 1 fully saturated rings. The first-order valence-corrected chi connectivity index (χ1v) is 21.4. The van der Waals surface area contributed by atoms with E-state index in [-0.39, 0.29) is 81.6 Å². The topological polar surface area (TPSA) is 497 Å². The van der Waals surface area contributed by atoms with Crippen LogP contribution in [0.5, 0.6) is 0 Å². The molecule has 0 aliphatic carbocycles. The first-order valence-electron chi connectivity index (χ1n) is 20.2. The summed E-state index contributed by atoms with van der Waals surface area (Å²) in [6, 6.07) is -9.89. The van der Waals surface area contributed by atoms with Crippen molar-refractivity contribution >= 4 is 102 Å². The van der Waals surface area contributed by atoms with E-state index in [4.69, 9.17) is 34.4 Å². The fourth-order valence-corrected chi connectivity index (χ4v) is 6.37. The van der Waals surface area contributed by atoms with E-state index < -0.39 is 133 Å². The van der Waals surface area contributed by atoms with Crippen LogP contribution >= 0.6 is 25.3 Å². The average molecular weight is 977 g/mol. The minimum absolute atomic E-state index is 0.00982. The van der Waals surface area contributed by atoms with Crippen LogP contribution in [-0.4, -0.2) is 179 Å². The maximum Gasteiger partial charge on any atom is 0.327 e. The summed E-state index contributed by atoms with van der Waals surface area (Å²) in [5.41, 5.74) is 32.4. The van der Waals surface area contributed by atoms with Crippen LogP contribution in [0.4, 0.5) is 0 Å². The number of likely N-dealkylation sites (tertiary alicyclic amines) is 1. The molecule has 0 aromatic rings. The Kier molecular flexibility index (Phi) is 25.9. The second-order valence-corrected chi connectivity index (χ2v) is 15.3. The maximum absolute atomic E-state index is 13.5. The van der Waals surface area contributed by atoms with Crippen molar-refractivity contribution in [3.05, 3.63) is 0 Å². The molecule has 0 aromatic heterocycles. The molecular weight excluding hydrogens is 917 g/mol. The molecule has 0 spiro atoms. The lowest BCUT2D eigenvalue weighted by Gasteiger charge is -2.27. The lowest BCUT2D eigenvalue weighted by atomic mass is 10.1. The van der Waals surface area contributed by atoms with Gasteiger partial charge in [0, 0.05) is 31.1 Å². The first-order chi connectivity index (χ1) is 31.0. The minimum atomic E-state index is -1.73. The first kappa shape index (κ1) is 57.4. The summed E-state index contributed by atoms with van der Waals surface area (Å²) in [4.78, 5) is 148. The Hall–Kier alpha value is -6.63. The lowest BCUT2D eigenvalue weighted by molar-refractivity contribution is -0.144. The van der Waals surface area contributed by atoms with E-state index in [9.17, 15) is 63.0 Å². The Morgan fingerprint density at radius 2 is 1.12 bits per heavy atom. The third-order valence-electron chi connectivity index (χ3n) is 9.27. The summed E-state index contributed by atoms with van der Waals surface area (Å²) in [5, 5.41) is 34.6. The third kappa shape index (κ3) is 21.8. The van der Waals surface area contributed by atoms with Gasteiger partial charge in [0.2, 0.25) is 53.2 Å². The van der Waals surface area contributed by atoms with Gasteiger partial charge in [-0.1, -0.05) is 0 Å². The van der Waals surface area contributed by atoms with Gasteiger partial charge in [-0.25, -0.2) is 4.79 Å². The Bertz CT molecular complexity index is 1830. The van der Waals surface area contributed by atoms with E-state index in [1.54, 1.807) is 0 Å². The van der Waals surface area contributed by atoms with Gasteiger partial charge < -0.3 is 86.7 Å². The van der Waals surface area contributed by atoms with Crippen molar-refractivity contribution in [1.29, 1.82) is 0 Å².